The second-order valence-corrected chi connectivity index (χ2v) is 7.34. The van der Waals surface area contributed by atoms with Crippen LogP contribution in [0.1, 0.15) is 41.0 Å². The highest BCUT2D eigenvalue weighted by Gasteiger charge is 2.42. The van der Waals surface area contributed by atoms with E-state index in [1.54, 1.807) is 0 Å². The lowest BCUT2D eigenvalue weighted by Crippen LogP contribution is -2.66. The molecule has 17 heavy (non-hydrogen) atoms. The Morgan fingerprint density at radius 2 is 2.00 bits per heavy atom. The minimum Gasteiger partial charge on any atom is -0.380 e. The first kappa shape index (κ1) is 13.3. The van der Waals surface area contributed by atoms with Gasteiger partial charge >= 0.3 is 0 Å². The lowest BCUT2D eigenvalue weighted by molar-refractivity contribution is -0.00195. The number of piperazine rings is 1. The van der Waals surface area contributed by atoms with Crippen LogP contribution < -0.4 is 5.32 Å². The molecule has 0 saturated carbocycles. The van der Waals surface area contributed by atoms with Crippen molar-refractivity contribution in [3.05, 3.63) is 0 Å². The van der Waals surface area contributed by atoms with Crippen LogP contribution in [0.25, 0.3) is 0 Å². The molecule has 2 unspecified atom stereocenters. The Morgan fingerprint density at radius 1 is 1.29 bits per heavy atom. The van der Waals surface area contributed by atoms with Gasteiger partial charge in [-0.05, 0) is 25.7 Å². The van der Waals surface area contributed by atoms with Crippen molar-refractivity contribution in [2.75, 3.05) is 26.3 Å². The van der Waals surface area contributed by atoms with E-state index in [1.165, 1.54) is 6.42 Å². The third kappa shape index (κ3) is 3.01. The summed E-state index contributed by atoms with van der Waals surface area (Å²) in [5, 5.41) is 3.69. The Balaban J connectivity index is 2.14. The van der Waals surface area contributed by atoms with Crippen molar-refractivity contribution in [2.24, 2.45) is 5.41 Å². The summed E-state index contributed by atoms with van der Waals surface area (Å²) in [6.07, 6.45) is 1.20. The Bertz CT molecular complexity index is 264. The molecule has 2 heterocycles. The fourth-order valence-electron chi connectivity index (χ4n) is 3.08. The average molecular weight is 240 g/mol. The molecule has 2 atom stereocenters. The molecule has 2 aliphatic heterocycles. The van der Waals surface area contributed by atoms with Crippen molar-refractivity contribution in [3.63, 3.8) is 0 Å². The van der Waals surface area contributed by atoms with Gasteiger partial charge in [0.05, 0.1) is 6.61 Å². The van der Waals surface area contributed by atoms with Crippen LogP contribution in [0, 0.1) is 5.41 Å². The van der Waals surface area contributed by atoms with Crippen LogP contribution in [0.4, 0.5) is 0 Å². The van der Waals surface area contributed by atoms with E-state index >= 15 is 0 Å². The zero-order chi connectivity index (χ0) is 12.7. The summed E-state index contributed by atoms with van der Waals surface area (Å²) in [5.74, 6) is 0. The SMILES string of the molecule is CC1(C)CN(C2CCOC2)C(C(C)(C)C)CN1. The molecule has 2 saturated heterocycles. The van der Waals surface area contributed by atoms with E-state index in [4.69, 9.17) is 4.74 Å². The second kappa shape index (κ2) is 4.52. The van der Waals surface area contributed by atoms with Gasteiger partial charge in [0.15, 0.2) is 0 Å². The van der Waals surface area contributed by atoms with Gasteiger partial charge < -0.3 is 10.1 Å². The number of nitrogens with one attached hydrogen (secondary N) is 1. The summed E-state index contributed by atoms with van der Waals surface area (Å²) in [6.45, 7) is 15.7. The molecule has 2 fully saturated rings. The topological polar surface area (TPSA) is 24.5 Å². The van der Waals surface area contributed by atoms with Gasteiger partial charge in [0.2, 0.25) is 0 Å². The molecule has 2 rings (SSSR count). The summed E-state index contributed by atoms with van der Waals surface area (Å²) in [6, 6.07) is 1.24. The number of hydrogen-bond donors (Lipinski definition) is 1. The van der Waals surface area contributed by atoms with Crippen molar-refractivity contribution < 1.29 is 4.74 Å². The molecule has 0 bridgehead atoms. The minimum atomic E-state index is 0.227. The molecular weight excluding hydrogens is 212 g/mol. The van der Waals surface area contributed by atoms with Crippen LogP contribution in [0.15, 0.2) is 0 Å². The van der Waals surface area contributed by atoms with Gasteiger partial charge in [-0.15, -0.1) is 0 Å². The lowest BCUT2D eigenvalue weighted by Gasteiger charge is -2.51. The highest BCUT2D eigenvalue weighted by Crippen LogP contribution is 2.32. The van der Waals surface area contributed by atoms with E-state index in [1.807, 2.05) is 0 Å². The molecule has 0 aliphatic carbocycles. The second-order valence-electron chi connectivity index (χ2n) is 7.34. The zero-order valence-corrected chi connectivity index (χ0v) is 12.0. The van der Waals surface area contributed by atoms with E-state index in [0.717, 1.165) is 26.3 Å². The van der Waals surface area contributed by atoms with E-state index in [-0.39, 0.29) is 5.54 Å². The summed E-state index contributed by atoms with van der Waals surface area (Å²) >= 11 is 0. The number of nitrogens with zero attached hydrogens (tertiary/aromatic N) is 1. The largest absolute Gasteiger partial charge is 0.380 e. The van der Waals surface area contributed by atoms with Crippen LogP contribution in [0.5, 0.6) is 0 Å². The molecule has 0 aromatic rings. The Labute approximate surface area is 106 Å². The van der Waals surface area contributed by atoms with Crippen LogP contribution in [-0.4, -0.2) is 48.8 Å². The van der Waals surface area contributed by atoms with Crippen LogP contribution >= 0.6 is 0 Å². The van der Waals surface area contributed by atoms with Gasteiger partial charge in [0, 0.05) is 37.3 Å². The Kier molecular flexibility index (Phi) is 3.54. The standard InChI is InChI=1S/C14H28N2O/c1-13(2,3)12-8-15-14(4,5)10-16(12)11-6-7-17-9-11/h11-12,15H,6-10H2,1-5H3. The maximum Gasteiger partial charge on any atom is 0.0622 e. The van der Waals surface area contributed by atoms with Crippen molar-refractivity contribution in [2.45, 2.75) is 58.7 Å². The first-order valence-electron chi connectivity index (χ1n) is 6.88. The van der Waals surface area contributed by atoms with E-state index in [2.05, 4.69) is 44.8 Å². The molecule has 3 nitrogen and oxygen atoms in total. The molecule has 0 radical (unpaired) electrons. The summed E-state index contributed by atoms with van der Waals surface area (Å²) in [5.41, 5.74) is 0.552. The minimum absolute atomic E-state index is 0.227. The quantitative estimate of drug-likeness (QED) is 0.757. The molecule has 0 amide bonds. The predicted octanol–water partition coefficient (Wildman–Crippen LogP) is 1.87. The molecule has 1 N–H and O–H groups in total. The third-order valence-corrected chi connectivity index (χ3v) is 4.13. The number of hydrogen-bond acceptors (Lipinski definition) is 3. The van der Waals surface area contributed by atoms with Gasteiger partial charge in [-0.25, -0.2) is 0 Å². The smallest absolute Gasteiger partial charge is 0.0622 e. The summed E-state index contributed by atoms with van der Waals surface area (Å²) in [7, 11) is 0. The van der Waals surface area contributed by atoms with E-state index in [9.17, 15) is 0 Å². The maximum atomic E-state index is 5.58. The molecule has 0 aromatic heterocycles. The van der Waals surface area contributed by atoms with Crippen LogP contribution in [0.3, 0.4) is 0 Å². The van der Waals surface area contributed by atoms with Crippen molar-refractivity contribution in [1.29, 1.82) is 0 Å². The molecule has 0 spiro atoms. The molecule has 0 aromatic carbocycles. The summed E-state index contributed by atoms with van der Waals surface area (Å²) in [4.78, 5) is 2.70. The number of ether oxygens (including phenoxy) is 1. The van der Waals surface area contributed by atoms with Crippen molar-refractivity contribution in [3.8, 4) is 0 Å². The van der Waals surface area contributed by atoms with Gasteiger partial charge in [-0.2, -0.15) is 0 Å². The Hall–Kier alpha value is -0.120. The molecular formula is C14H28N2O. The van der Waals surface area contributed by atoms with Gasteiger partial charge in [-0.1, -0.05) is 20.8 Å². The van der Waals surface area contributed by atoms with E-state index in [0.29, 0.717) is 17.5 Å². The van der Waals surface area contributed by atoms with Gasteiger partial charge in [0.1, 0.15) is 0 Å². The fraction of sp³-hybridized carbons (Fsp3) is 1.00. The van der Waals surface area contributed by atoms with Gasteiger partial charge in [0.25, 0.3) is 0 Å². The monoisotopic (exact) mass is 240 g/mol. The fourth-order valence-corrected chi connectivity index (χ4v) is 3.08. The molecule has 100 valence electrons. The number of rotatable bonds is 1. The Morgan fingerprint density at radius 3 is 2.53 bits per heavy atom. The van der Waals surface area contributed by atoms with Crippen LogP contribution in [0.2, 0.25) is 0 Å². The highest BCUT2D eigenvalue weighted by molar-refractivity contribution is 4.99. The normalized spacial score (nSPS) is 35.1. The van der Waals surface area contributed by atoms with E-state index < -0.39 is 0 Å². The maximum absolute atomic E-state index is 5.58. The van der Waals surface area contributed by atoms with Crippen molar-refractivity contribution >= 4 is 0 Å². The molecule has 2 aliphatic rings. The zero-order valence-electron chi connectivity index (χ0n) is 12.0. The first-order valence-corrected chi connectivity index (χ1v) is 6.88. The lowest BCUT2D eigenvalue weighted by atomic mass is 9.81. The third-order valence-electron chi connectivity index (χ3n) is 4.13. The highest BCUT2D eigenvalue weighted by atomic mass is 16.5. The predicted molar refractivity (Wildman–Crippen MR) is 71.3 cm³/mol. The first-order chi connectivity index (χ1) is 7.80. The summed E-state index contributed by atoms with van der Waals surface area (Å²) < 4.78 is 5.58. The van der Waals surface area contributed by atoms with Crippen LogP contribution in [-0.2, 0) is 4.74 Å². The average Bonchev–Trinajstić information content (AvgIpc) is 2.66. The molecule has 3 heteroatoms. The van der Waals surface area contributed by atoms with Gasteiger partial charge in [-0.3, -0.25) is 4.90 Å². The van der Waals surface area contributed by atoms with Crippen molar-refractivity contribution in [1.82, 2.24) is 10.2 Å².